The van der Waals surface area contributed by atoms with E-state index in [4.69, 9.17) is 0 Å². The van der Waals surface area contributed by atoms with Gasteiger partial charge in [-0.2, -0.15) is 0 Å². The van der Waals surface area contributed by atoms with E-state index >= 15 is 0 Å². The number of hydrogen-bond acceptors (Lipinski definition) is 3. The van der Waals surface area contributed by atoms with Crippen molar-refractivity contribution in [2.24, 2.45) is 0 Å². The minimum absolute atomic E-state index is 0.337. The standard InChI is InChI=1S/C17H33N3O/c1-3-11-19(12-4-2)17(21)14-20-13-6-5-9-16(20)15-8-7-10-18-15/h15-16,18H,3-14H2,1-2H3. The third-order valence-electron chi connectivity index (χ3n) is 4.91. The highest BCUT2D eigenvalue weighted by atomic mass is 16.2. The molecule has 2 atom stereocenters. The fourth-order valence-corrected chi connectivity index (χ4v) is 3.88. The molecule has 122 valence electrons. The van der Waals surface area contributed by atoms with Crippen molar-refractivity contribution in [1.82, 2.24) is 15.1 Å². The van der Waals surface area contributed by atoms with Gasteiger partial charge < -0.3 is 10.2 Å². The van der Waals surface area contributed by atoms with Crippen molar-refractivity contribution in [2.45, 2.75) is 70.9 Å². The van der Waals surface area contributed by atoms with Crippen LogP contribution in [0.1, 0.15) is 58.8 Å². The van der Waals surface area contributed by atoms with Gasteiger partial charge in [-0.15, -0.1) is 0 Å². The summed E-state index contributed by atoms with van der Waals surface area (Å²) in [5.41, 5.74) is 0. The molecule has 1 amide bonds. The average molecular weight is 295 g/mol. The topological polar surface area (TPSA) is 35.6 Å². The van der Waals surface area contributed by atoms with E-state index in [1.807, 2.05) is 0 Å². The Labute approximate surface area is 130 Å². The molecule has 0 aromatic carbocycles. The number of amides is 1. The van der Waals surface area contributed by atoms with Gasteiger partial charge in [0.1, 0.15) is 0 Å². The van der Waals surface area contributed by atoms with Gasteiger partial charge in [0.05, 0.1) is 6.54 Å². The first kappa shape index (κ1) is 16.8. The van der Waals surface area contributed by atoms with Crippen LogP contribution in [0.4, 0.5) is 0 Å². The molecule has 2 aliphatic heterocycles. The van der Waals surface area contributed by atoms with Gasteiger partial charge >= 0.3 is 0 Å². The molecule has 0 aromatic rings. The zero-order valence-electron chi connectivity index (χ0n) is 13.9. The highest BCUT2D eigenvalue weighted by Crippen LogP contribution is 2.24. The molecule has 4 heteroatoms. The predicted molar refractivity (Wildman–Crippen MR) is 87.4 cm³/mol. The quantitative estimate of drug-likeness (QED) is 0.782. The summed E-state index contributed by atoms with van der Waals surface area (Å²) in [7, 11) is 0. The number of likely N-dealkylation sites (tertiary alicyclic amines) is 1. The monoisotopic (exact) mass is 295 g/mol. The van der Waals surface area contributed by atoms with Crippen LogP contribution in [0.3, 0.4) is 0 Å². The van der Waals surface area contributed by atoms with Crippen LogP contribution in [-0.2, 0) is 4.79 Å². The van der Waals surface area contributed by atoms with Crippen LogP contribution < -0.4 is 5.32 Å². The zero-order valence-corrected chi connectivity index (χ0v) is 13.9. The number of hydrogen-bond donors (Lipinski definition) is 1. The first-order valence-electron chi connectivity index (χ1n) is 9.01. The van der Waals surface area contributed by atoms with Gasteiger partial charge in [0.2, 0.25) is 5.91 Å². The molecule has 0 aliphatic carbocycles. The first-order valence-corrected chi connectivity index (χ1v) is 9.01. The molecule has 2 heterocycles. The molecule has 2 saturated heterocycles. The molecule has 0 saturated carbocycles. The van der Waals surface area contributed by atoms with Crippen molar-refractivity contribution in [3.05, 3.63) is 0 Å². The third-order valence-corrected chi connectivity index (χ3v) is 4.91. The smallest absolute Gasteiger partial charge is 0.236 e. The van der Waals surface area contributed by atoms with Gasteiger partial charge in [-0.25, -0.2) is 0 Å². The summed E-state index contributed by atoms with van der Waals surface area (Å²) in [5, 5.41) is 3.64. The summed E-state index contributed by atoms with van der Waals surface area (Å²) in [6.45, 7) is 9.01. The minimum Gasteiger partial charge on any atom is -0.342 e. The second-order valence-corrected chi connectivity index (χ2v) is 6.62. The highest BCUT2D eigenvalue weighted by molar-refractivity contribution is 5.78. The van der Waals surface area contributed by atoms with Gasteiger partial charge in [0, 0.05) is 25.2 Å². The van der Waals surface area contributed by atoms with E-state index in [2.05, 4.69) is 29.0 Å². The number of piperidine rings is 1. The Bertz CT molecular complexity index is 309. The zero-order chi connectivity index (χ0) is 15.1. The maximum Gasteiger partial charge on any atom is 0.236 e. The van der Waals surface area contributed by atoms with Crippen LogP contribution in [0.2, 0.25) is 0 Å². The second-order valence-electron chi connectivity index (χ2n) is 6.62. The lowest BCUT2D eigenvalue weighted by Gasteiger charge is -2.39. The van der Waals surface area contributed by atoms with E-state index in [0.717, 1.165) is 39.0 Å². The van der Waals surface area contributed by atoms with E-state index in [1.165, 1.54) is 32.1 Å². The van der Waals surface area contributed by atoms with E-state index in [-0.39, 0.29) is 0 Å². The van der Waals surface area contributed by atoms with Crippen molar-refractivity contribution in [3.8, 4) is 0 Å². The number of rotatable bonds is 7. The Kier molecular flexibility index (Phi) is 6.97. The lowest BCUT2D eigenvalue weighted by Crippen LogP contribution is -2.53. The van der Waals surface area contributed by atoms with Crippen LogP contribution in [0.15, 0.2) is 0 Å². The average Bonchev–Trinajstić information content (AvgIpc) is 3.01. The molecule has 0 bridgehead atoms. The molecule has 0 spiro atoms. The Morgan fingerprint density at radius 2 is 1.90 bits per heavy atom. The van der Waals surface area contributed by atoms with Gasteiger partial charge in [0.15, 0.2) is 0 Å². The molecular formula is C17H33N3O. The lowest BCUT2D eigenvalue weighted by molar-refractivity contribution is -0.133. The van der Waals surface area contributed by atoms with Gasteiger partial charge in [-0.05, 0) is 51.6 Å². The van der Waals surface area contributed by atoms with Crippen molar-refractivity contribution < 1.29 is 4.79 Å². The van der Waals surface area contributed by atoms with Crippen LogP contribution in [0, 0.1) is 0 Å². The normalized spacial score (nSPS) is 27.0. The molecule has 2 aliphatic rings. The second kappa shape index (κ2) is 8.74. The SMILES string of the molecule is CCCN(CCC)C(=O)CN1CCCCC1C1CCCN1. The summed E-state index contributed by atoms with van der Waals surface area (Å²) in [5.74, 6) is 0.337. The van der Waals surface area contributed by atoms with E-state index < -0.39 is 0 Å². The molecule has 2 fully saturated rings. The Balaban J connectivity index is 1.92. The predicted octanol–water partition coefficient (Wildman–Crippen LogP) is 2.24. The molecule has 21 heavy (non-hydrogen) atoms. The van der Waals surface area contributed by atoms with Crippen molar-refractivity contribution in [3.63, 3.8) is 0 Å². The van der Waals surface area contributed by atoms with Crippen molar-refractivity contribution >= 4 is 5.91 Å². The van der Waals surface area contributed by atoms with Crippen molar-refractivity contribution in [2.75, 3.05) is 32.7 Å². The van der Waals surface area contributed by atoms with Crippen molar-refractivity contribution in [1.29, 1.82) is 0 Å². The largest absolute Gasteiger partial charge is 0.342 e. The van der Waals surface area contributed by atoms with Crippen LogP contribution >= 0.6 is 0 Å². The van der Waals surface area contributed by atoms with Crippen LogP contribution in [-0.4, -0.2) is 60.5 Å². The third kappa shape index (κ3) is 4.68. The van der Waals surface area contributed by atoms with E-state index in [0.29, 0.717) is 24.5 Å². The number of nitrogens with zero attached hydrogens (tertiary/aromatic N) is 2. The summed E-state index contributed by atoms with van der Waals surface area (Å²) >= 11 is 0. The number of nitrogens with one attached hydrogen (secondary N) is 1. The number of carbonyl (C=O) groups excluding carboxylic acids is 1. The molecule has 2 unspecified atom stereocenters. The Morgan fingerprint density at radius 1 is 1.14 bits per heavy atom. The van der Waals surface area contributed by atoms with Gasteiger partial charge in [-0.1, -0.05) is 20.3 Å². The summed E-state index contributed by atoms with van der Waals surface area (Å²) in [4.78, 5) is 17.1. The number of carbonyl (C=O) groups is 1. The van der Waals surface area contributed by atoms with Crippen LogP contribution in [0.5, 0.6) is 0 Å². The molecule has 0 radical (unpaired) electrons. The fraction of sp³-hybridized carbons (Fsp3) is 0.941. The molecular weight excluding hydrogens is 262 g/mol. The minimum atomic E-state index is 0.337. The fourth-order valence-electron chi connectivity index (χ4n) is 3.88. The molecule has 0 aromatic heterocycles. The lowest BCUT2D eigenvalue weighted by atomic mass is 9.94. The van der Waals surface area contributed by atoms with E-state index in [9.17, 15) is 4.79 Å². The molecule has 1 N–H and O–H groups in total. The highest BCUT2D eigenvalue weighted by Gasteiger charge is 2.32. The Hall–Kier alpha value is -0.610. The van der Waals surface area contributed by atoms with Gasteiger partial charge in [-0.3, -0.25) is 9.69 Å². The summed E-state index contributed by atoms with van der Waals surface area (Å²) in [6, 6.07) is 1.19. The Morgan fingerprint density at radius 3 is 2.52 bits per heavy atom. The first-order chi connectivity index (χ1) is 10.3. The summed E-state index contributed by atoms with van der Waals surface area (Å²) < 4.78 is 0. The van der Waals surface area contributed by atoms with Crippen LogP contribution in [0.25, 0.3) is 0 Å². The van der Waals surface area contributed by atoms with Gasteiger partial charge in [0.25, 0.3) is 0 Å². The molecule has 2 rings (SSSR count). The maximum absolute atomic E-state index is 12.6. The van der Waals surface area contributed by atoms with E-state index in [1.54, 1.807) is 0 Å². The maximum atomic E-state index is 12.6. The summed E-state index contributed by atoms with van der Waals surface area (Å²) in [6.07, 6.45) is 8.51. The molecule has 4 nitrogen and oxygen atoms in total.